The van der Waals surface area contributed by atoms with Gasteiger partial charge in [0.05, 0.1) is 11.2 Å². The van der Waals surface area contributed by atoms with Crippen LogP contribution in [-0.4, -0.2) is 4.98 Å². The van der Waals surface area contributed by atoms with E-state index in [0.29, 0.717) is 0 Å². The van der Waals surface area contributed by atoms with Crippen LogP contribution in [0.4, 0.5) is 0 Å². The van der Waals surface area contributed by atoms with Crippen molar-refractivity contribution in [3.05, 3.63) is 48.2 Å². The first-order valence-electron chi connectivity index (χ1n) is 4.38. The summed E-state index contributed by atoms with van der Waals surface area (Å²) in [5.74, 6) is 0. The molecular formula is C12H11N. The molecule has 0 fully saturated rings. The van der Waals surface area contributed by atoms with Crippen molar-refractivity contribution in [2.45, 2.75) is 6.92 Å². The number of aromatic nitrogens is 1. The third-order valence-electron chi connectivity index (χ3n) is 1.96. The zero-order valence-corrected chi connectivity index (χ0v) is 7.57. The maximum absolute atomic E-state index is 4.48. The van der Waals surface area contributed by atoms with Gasteiger partial charge >= 0.3 is 0 Å². The molecule has 0 aliphatic heterocycles. The minimum absolute atomic E-state index is 1.02. The standard InChI is InChI=1S/C12H11N/c1-2-5-11-9-8-10-6-3-4-7-12(10)13-11/h2-9H,1H3. The Bertz CT molecular complexity index is 444. The lowest BCUT2D eigenvalue weighted by Gasteiger charge is -1.97. The van der Waals surface area contributed by atoms with Crippen molar-refractivity contribution in [1.29, 1.82) is 0 Å². The molecule has 0 amide bonds. The fourth-order valence-electron chi connectivity index (χ4n) is 1.35. The average molecular weight is 169 g/mol. The minimum Gasteiger partial charge on any atom is -0.248 e. The van der Waals surface area contributed by atoms with Crippen molar-refractivity contribution < 1.29 is 0 Å². The lowest BCUT2D eigenvalue weighted by molar-refractivity contribution is 1.37. The summed E-state index contributed by atoms with van der Waals surface area (Å²) in [6, 6.07) is 12.3. The molecule has 64 valence electrons. The summed E-state index contributed by atoms with van der Waals surface area (Å²) in [7, 11) is 0. The van der Waals surface area contributed by atoms with Crippen molar-refractivity contribution in [1.82, 2.24) is 4.98 Å². The number of pyridine rings is 1. The van der Waals surface area contributed by atoms with Crippen LogP contribution in [0, 0.1) is 0 Å². The van der Waals surface area contributed by atoms with Gasteiger partial charge in [-0.05, 0) is 25.1 Å². The van der Waals surface area contributed by atoms with Gasteiger partial charge in [-0.15, -0.1) is 0 Å². The van der Waals surface area contributed by atoms with Crippen LogP contribution in [0.3, 0.4) is 0 Å². The van der Waals surface area contributed by atoms with Gasteiger partial charge in [0.1, 0.15) is 0 Å². The number of benzene rings is 1. The van der Waals surface area contributed by atoms with Crippen LogP contribution in [0.2, 0.25) is 0 Å². The molecule has 1 aromatic heterocycles. The number of rotatable bonds is 1. The van der Waals surface area contributed by atoms with Gasteiger partial charge < -0.3 is 0 Å². The Morgan fingerprint density at radius 3 is 2.77 bits per heavy atom. The van der Waals surface area contributed by atoms with E-state index in [1.165, 1.54) is 5.39 Å². The van der Waals surface area contributed by atoms with Gasteiger partial charge in [0.25, 0.3) is 0 Å². The van der Waals surface area contributed by atoms with Crippen molar-refractivity contribution in [2.24, 2.45) is 0 Å². The van der Waals surface area contributed by atoms with E-state index in [2.05, 4.69) is 17.1 Å². The highest BCUT2D eigenvalue weighted by Crippen LogP contribution is 2.12. The van der Waals surface area contributed by atoms with E-state index in [4.69, 9.17) is 0 Å². The van der Waals surface area contributed by atoms with Gasteiger partial charge in [-0.2, -0.15) is 0 Å². The molecule has 1 aromatic carbocycles. The smallest absolute Gasteiger partial charge is 0.0709 e. The lowest BCUT2D eigenvalue weighted by atomic mass is 10.2. The van der Waals surface area contributed by atoms with Gasteiger partial charge in [-0.1, -0.05) is 30.3 Å². The van der Waals surface area contributed by atoms with Crippen LogP contribution in [0.15, 0.2) is 42.5 Å². The Morgan fingerprint density at radius 2 is 1.92 bits per heavy atom. The Kier molecular flexibility index (Phi) is 2.09. The molecule has 1 heterocycles. The molecule has 0 atom stereocenters. The van der Waals surface area contributed by atoms with Crippen molar-refractivity contribution in [2.75, 3.05) is 0 Å². The predicted octanol–water partition coefficient (Wildman–Crippen LogP) is 3.27. The first-order valence-corrected chi connectivity index (χ1v) is 4.38. The number of allylic oxidation sites excluding steroid dienone is 1. The second kappa shape index (κ2) is 3.40. The van der Waals surface area contributed by atoms with E-state index in [1.807, 2.05) is 43.3 Å². The summed E-state index contributed by atoms with van der Waals surface area (Å²) in [6.45, 7) is 2.00. The second-order valence-electron chi connectivity index (χ2n) is 2.93. The van der Waals surface area contributed by atoms with Crippen LogP contribution in [0.1, 0.15) is 12.6 Å². The molecule has 0 bridgehead atoms. The SMILES string of the molecule is CC=Cc1ccc2ccccc2n1. The number of fused-ring (bicyclic) bond motifs is 1. The van der Waals surface area contributed by atoms with E-state index in [-0.39, 0.29) is 0 Å². The summed E-state index contributed by atoms with van der Waals surface area (Å²) in [5.41, 5.74) is 2.07. The first-order chi connectivity index (χ1) is 6.40. The quantitative estimate of drug-likeness (QED) is 0.638. The Balaban J connectivity index is 2.62. The maximum Gasteiger partial charge on any atom is 0.0709 e. The first kappa shape index (κ1) is 7.99. The van der Waals surface area contributed by atoms with E-state index in [9.17, 15) is 0 Å². The van der Waals surface area contributed by atoms with E-state index < -0.39 is 0 Å². The molecular weight excluding hydrogens is 158 g/mol. The van der Waals surface area contributed by atoms with Gasteiger partial charge in [0.15, 0.2) is 0 Å². The summed E-state index contributed by atoms with van der Waals surface area (Å²) in [4.78, 5) is 4.48. The molecule has 0 spiro atoms. The Labute approximate surface area is 77.7 Å². The van der Waals surface area contributed by atoms with Gasteiger partial charge in [0.2, 0.25) is 0 Å². The monoisotopic (exact) mass is 169 g/mol. The topological polar surface area (TPSA) is 12.9 Å². The zero-order valence-electron chi connectivity index (χ0n) is 7.57. The third-order valence-corrected chi connectivity index (χ3v) is 1.96. The Hall–Kier alpha value is -1.63. The van der Waals surface area contributed by atoms with E-state index in [0.717, 1.165) is 11.2 Å². The second-order valence-corrected chi connectivity index (χ2v) is 2.93. The van der Waals surface area contributed by atoms with Crippen LogP contribution >= 0.6 is 0 Å². The molecule has 0 radical (unpaired) electrons. The molecule has 0 unspecified atom stereocenters. The Morgan fingerprint density at radius 1 is 1.08 bits per heavy atom. The highest BCUT2D eigenvalue weighted by atomic mass is 14.7. The normalized spacial score (nSPS) is 11.2. The van der Waals surface area contributed by atoms with Crippen LogP contribution in [0.25, 0.3) is 17.0 Å². The van der Waals surface area contributed by atoms with Crippen LogP contribution < -0.4 is 0 Å². The number of hydrogen-bond acceptors (Lipinski definition) is 1. The molecule has 1 heteroatoms. The van der Waals surface area contributed by atoms with Crippen molar-refractivity contribution >= 4 is 17.0 Å². The molecule has 0 N–H and O–H groups in total. The number of hydrogen-bond donors (Lipinski definition) is 0. The van der Waals surface area contributed by atoms with Crippen LogP contribution in [0.5, 0.6) is 0 Å². The van der Waals surface area contributed by atoms with Crippen molar-refractivity contribution in [3.63, 3.8) is 0 Å². The molecule has 1 nitrogen and oxygen atoms in total. The highest BCUT2D eigenvalue weighted by Gasteiger charge is 1.92. The van der Waals surface area contributed by atoms with Gasteiger partial charge in [0, 0.05) is 5.39 Å². The largest absolute Gasteiger partial charge is 0.248 e. The summed E-state index contributed by atoms with van der Waals surface area (Å²) < 4.78 is 0. The molecule has 2 rings (SSSR count). The zero-order chi connectivity index (χ0) is 9.10. The minimum atomic E-state index is 1.02. The lowest BCUT2D eigenvalue weighted by Crippen LogP contribution is -1.81. The fourth-order valence-corrected chi connectivity index (χ4v) is 1.35. The average Bonchev–Trinajstić information content (AvgIpc) is 2.18. The fraction of sp³-hybridized carbons (Fsp3) is 0.0833. The maximum atomic E-state index is 4.48. The number of nitrogens with zero attached hydrogens (tertiary/aromatic N) is 1. The highest BCUT2D eigenvalue weighted by molar-refractivity contribution is 5.79. The molecule has 13 heavy (non-hydrogen) atoms. The van der Waals surface area contributed by atoms with Crippen molar-refractivity contribution in [3.8, 4) is 0 Å². The molecule has 0 aliphatic carbocycles. The summed E-state index contributed by atoms with van der Waals surface area (Å²) >= 11 is 0. The molecule has 0 saturated carbocycles. The molecule has 0 aliphatic rings. The van der Waals surface area contributed by atoms with Crippen LogP contribution in [-0.2, 0) is 0 Å². The molecule has 0 saturated heterocycles. The molecule has 2 aromatic rings. The summed E-state index contributed by atoms with van der Waals surface area (Å²) in [5, 5.41) is 1.19. The summed E-state index contributed by atoms with van der Waals surface area (Å²) in [6.07, 6.45) is 4.00. The predicted molar refractivity (Wildman–Crippen MR) is 56.5 cm³/mol. The van der Waals surface area contributed by atoms with E-state index >= 15 is 0 Å². The number of para-hydroxylation sites is 1. The van der Waals surface area contributed by atoms with E-state index in [1.54, 1.807) is 0 Å². The third kappa shape index (κ3) is 1.59. The van der Waals surface area contributed by atoms with Gasteiger partial charge in [-0.25, -0.2) is 4.98 Å². The van der Waals surface area contributed by atoms with Gasteiger partial charge in [-0.3, -0.25) is 0 Å².